The highest BCUT2D eigenvalue weighted by molar-refractivity contribution is 7.89. The van der Waals surface area contributed by atoms with E-state index >= 15 is 0 Å². The summed E-state index contributed by atoms with van der Waals surface area (Å²) in [5.74, 6) is 0.397. The molecule has 0 saturated carbocycles. The number of rotatable bonds is 4. The van der Waals surface area contributed by atoms with Crippen LogP contribution in [0.15, 0.2) is 29.2 Å². The summed E-state index contributed by atoms with van der Waals surface area (Å²) < 4.78 is 32.0. The van der Waals surface area contributed by atoms with Crippen LogP contribution in [0.4, 0.5) is 0 Å². The maximum atomic E-state index is 12.6. The Balaban J connectivity index is 2.31. The van der Waals surface area contributed by atoms with Gasteiger partial charge in [0.25, 0.3) is 0 Å². The maximum Gasteiger partial charge on any atom is 0.246 e. The highest BCUT2D eigenvalue weighted by Gasteiger charge is 2.31. The number of nitrogens with zero attached hydrogens (tertiary/aromatic N) is 1. The molecular formula is C13H20N2O3S. The molecule has 6 heteroatoms. The SMILES string of the molecule is CNC1CCCN(S(=O)(=O)c2ccccc2OC)C1. The number of nitrogens with one attached hydrogen (secondary N) is 1. The van der Waals surface area contributed by atoms with Crippen LogP contribution in [-0.4, -0.2) is 46.0 Å². The van der Waals surface area contributed by atoms with Crippen molar-refractivity contribution in [3.8, 4) is 5.75 Å². The van der Waals surface area contributed by atoms with Gasteiger partial charge >= 0.3 is 0 Å². The monoisotopic (exact) mass is 284 g/mol. The third-order valence-electron chi connectivity index (χ3n) is 3.48. The van der Waals surface area contributed by atoms with E-state index in [1.165, 1.54) is 11.4 Å². The minimum Gasteiger partial charge on any atom is -0.495 e. The van der Waals surface area contributed by atoms with Gasteiger partial charge in [0.2, 0.25) is 10.0 Å². The van der Waals surface area contributed by atoms with E-state index in [2.05, 4.69) is 5.32 Å². The second kappa shape index (κ2) is 5.90. The summed E-state index contributed by atoms with van der Waals surface area (Å²) in [5, 5.41) is 3.15. The van der Waals surface area contributed by atoms with E-state index in [0.29, 0.717) is 18.8 Å². The smallest absolute Gasteiger partial charge is 0.246 e. The molecule has 1 fully saturated rings. The fourth-order valence-electron chi connectivity index (χ4n) is 2.37. The van der Waals surface area contributed by atoms with E-state index < -0.39 is 10.0 Å². The summed E-state index contributed by atoms with van der Waals surface area (Å²) >= 11 is 0. The van der Waals surface area contributed by atoms with E-state index in [1.807, 2.05) is 7.05 Å². The molecule has 0 aromatic heterocycles. The number of benzene rings is 1. The van der Waals surface area contributed by atoms with Crippen LogP contribution < -0.4 is 10.1 Å². The Hall–Kier alpha value is -1.11. The lowest BCUT2D eigenvalue weighted by Gasteiger charge is -2.31. The molecule has 1 aromatic rings. The van der Waals surface area contributed by atoms with Crippen LogP contribution in [0.3, 0.4) is 0 Å². The standard InChI is InChI=1S/C13H20N2O3S/c1-14-11-6-5-9-15(10-11)19(16,17)13-8-4-3-7-12(13)18-2/h3-4,7-8,11,14H,5-6,9-10H2,1-2H3. The quantitative estimate of drug-likeness (QED) is 0.898. The molecule has 0 aliphatic carbocycles. The molecule has 0 bridgehead atoms. The Bertz CT molecular complexity index is 530. The Morgan fingerprint density at radius 2 is 2.11 bits per heavy atom. The number of hydrogen-bond donors (Lipinski definition) is 1. The summed E-state index contributed by atoms with van der Waals surface area (Å²) in [6.45, 7) is 1.08. The van der Waals surface area contributed by atoms with Crippen LogP contribution in [0.25, 0.3) is 0 Å². The molecule has 1 aliphatic rings. The third kappa shape index (κ3) is 2.91. The van der Waals surface area contributed by atoms with Crippen molar-refractivity contribution < 1.29 is 13.2 Å². The molecule has 0 amide bonds. The maximum absolute atomic E-state index is 12.6. The first-order valence-corrected chi connectivity index (χ1v) is 7.84. The molecule has 1 heterocycles. The van der Waals surface area contributed by atoms with Crippen LogP contribution in [0.2, 0.25) is 0 Å². The molecule has 2 rings (SSSR count). The Labute approximate surface area is 114 Å². The molecule has 1 saturated heterocycles. The van der Waals surface area contributed by atoms with E-state index in [4.69, 9.17) is 4.74 Å². The number of piperidine rings is 1. The second-order valence-electron chi connectivity index (χ2n) is 4.64. The number of likely N-dealkylation sites (N-methyl/N-ethyl adjacent to an activating group) is 1. The number of ether oxygens (including phenoxy) is 1. The van der Waals surface area contributed by atoms with Crippen molar-refractivity contribution >= 4 is 10.0 Å². The van der Waals surface area contributed by atoms with Gasteiger partial charge in [-0.2, -0.15) is 4.31 Å². The molecule has 1 aliphatic heterocycles. The fraction of sp³-hybridized carbons (Fsp3) is 0.538. The van der Waals surface area contributed by atoms with E-state index in [0.717, 1.165) is 12.8 Å². The van der Waals surface area contributed by atoms with Crippen molar-refractivity contribution in [2.45, 2.75) is 23.8 Å². The zero-order valence-corrected chi connectivity index (χ0v) is 12.1. The largest absolute Gasteiger partial charge is 0.495 e. The van der Waals surface area contributed by atoms with Gasteiger partial charge in [0.05, 0.1) is 7.11 Å². The predicted molar refractivity (Wildman–Crippen MR) is 73.8 cm³/mol. The topological polar surface area (TPSA) is 58.6 Å². The van der Waals surface area contributed by atoms with Gasteiger partial charge in [-0.3, -0.25) is 0 Å². The normalized spacial score (nSPS) is 21.3. The average molecular weight is 284 g/mol. The minimum atomic E-state index is -3.48. The van der Waals surface area contributed by atoms with Crippen molar-refractivity contribution in [2.24, 2.45) is 0 Å². The molecular weight excluding hydrogens is 264 g/mol. The molecule has 0 radical (unpaired) electrons. The lowest BCUT2D eigenvalue weighted by molar-refractivity contribution is 0.291. The number of methoxy groups -OCH3 is 1. The van der Waals surface area contributed by atoms with Crippen molar-refractivity contribution in [3.05, 3.63) is 24.3 Å². The van der Waals surface area contributed by atoms with Gasteiger partial charge in [-0.1, -0.05) is 12.1 Å². The Morgan fingerprint density at radius 3 is 2.79 bits per heavy atom. The lowest BCUT2D eigenvalue weighted by Crippen LogP contribution is -2.46. The second-order valence-corrected chi connectivity index (χ2v) is 6.55. The van der Waals surface area contributed by atoms with Gasteiger partial charge in [0.15, 0.2) is 0 Å². The first kappa shape index (κ1) is 14.3. The van der Waals surface area contributed by atoms with Gasteiger partial charge < -0.3 is 10.1 Å². The first-order valence-electron chi connectivity index (χ1n) is 6.40. The van der Waals surface area contributed by atoms with Crippen LogP contribution in [0.5, 0.6) is 5.75 Å². The van der Waals surface area contributed by atoms with Gasteiger partial charge in [0.1, 0.15) is 10.6 Å². The summed E-state index contributed by atoms with van der Waals surface area (Å²) in [6.07, 6.45) is 1.88. The number of hydrogen-bond acceptors (Lipinski definition) is 4. The van der Waals surface area contributed by atoms with Crippen molar-refractivity contribution in [1.82, 2.24) is 9.62 Å². The van der Waals surface area contributed by atoms with Crippen LogP contribution in [0.1, 0.15) is 12.8 Å². The van der Waals surface area contributed by atoms with Crippen molar-refractivity contribution in [1.29, 1.82) is 0 Å². The summed E-state index contributed by atoms with van der Waals surface area (Å²) in [5.41, 5.74) is 0. The van der Waals surface area contributed by atoms with Gasteiger partial charge in [0, 0.05) is 19.1 Å². The average Bonchev–Trinajstić information content (AvgIpc) is 2.47. The Morgan fingerprint density at radius 1 is 1.37 bits per heavy atom. The van der Waals surface area contributed by atoms with Gasteiger partial charge in [-0.15, -0.1) is 0 Å². The molecule has 106 valence electrons. The zero-order chi connectivity index (χ0) is 13.9. The van der Waals surface area contributed by atoms with Gasteiger partial charge in [-0.25, -0.2) is 8.42 Å². The van der Waals surface area contributed by atoms with Gasteiger partial charge in [-0.05, 0) is 32.0 Å². The zero-order valence-electron chi connectivity index (χ0n) is 11.3. The van der Waals surface area contributed by atoms with E-state index in [1.54, 1.807) is 24.3 Å². The highest BCUT2D eigenvalue weighted by Crippen LogP contribution is 2.28. The number of sulfonamides is 1. The fourth-order valence-corrected chi connectivity index (χ4v) is 4.05. The molecule has 0 spiro atoms. The summed E-state index contributed by atoms with van der Waals surface area (Å²) in [4.78, 5) is 0.245. The molecule has 19 heavy (non-hydrogen) atoms. The van der Waals surface area contributed by atoms with E-state index in [9.17, 15) is 8.42 Å². The number of para-hydroxylation sites is 1. The third-order valence-corrected chi connectivity index (χ3v) is 5.38. The molecule has 1 aromatic carbocycles. The van der Waals surface area contributed by atoms with Crippen LogP contribution in [0, 0.1) is 0 Å². The van der Waals surface area contributed by atoms with E-state index in [-0.39, 0.29) is 10.9 Å². The Kier molecular flexibility index (Phi) is 4.44. The lowest BCUT2D eigenvalue weighted by atomic mass is 10.1. The molecule has 5 nitrogen and oxygen atoms in total. The van der Waals surface area contributed by atoms with Crippen LogP contribution in [-0.2, 0) is 10.0 Å². The van der Waals surface area contributed by atoms with Crippen molar-refractivity contribution in [2.75, 3.05) is 27.2 Å². The predicted octanol–water partition coefficient (Wildman–Crippen LogP) is 1.07. The highest BCUT2D eigenvalue weighted by atomic mass is 32.2. The first-order chi connectivity index (χ1) is 9.09. The van der Waals surface area contributed by atoms with Crippen molar-refractivity contribution in [3.63, 3.8) is 0 Å². The summed E-state index contributed by atoms with van der Waals surface area (Å²) in [6, 6.07) is 6.97. The van der Waals surface area contributed by atoms with Crippen LogP contribution >= 0.6 is 0 Å². The summed E-state index contributed by atoms with van der Waals surface area (Å²) in [7, 11) is -0.127. The molecule has 1 atom stereocenters. The minimum absolute atomic E-state index is 0.221. The molecule has 1 N–H and O–H groups in total. The molecule has 1 unspecified atom stereocenters.